The van der Waals surface area contributed by atoms with Crippen molar-refractivity contribution in [1.82, 2.24) is 5.32 Å². The minimum absolute atomic E-state index is 0.0777. The molecule has 0 aromatic carbocycles. The summed E-state index contributed by atoms with van der Waals surface area (Å²) in [4.78, 5) is 23.2. The van der Waals surface area contributed by atoms with Crippen LogP contribution in [0.25, 0.3) is 0 Å². The van der Waals surface area contributed by atoms with E-state index in [0.29, 0.717) is 18.1 Å². The summed E-state index contributed by atoms with van der Waals surface area (Å²) in [7, 11) is 0. The van der Waals surface area contributed by atoms with Gasteiger partial charge in [0.25, 0.3) is 0 Å². The van der Waals surface area contributed by atoms with Gasteiger partial charge >= 0.3 is 5.97 Å². The highest BCUT2D eigenvalue weighted by atomic mass is 32.2. The molecule has 1 rings (SSSR count). The molecule has 1 heterocycles. The lowest BCUT2D eigenvalue weighted by Crippen LogP contribution is -2.42. The molecule has 1 aliphatic heterocycles. The zero-order valence-electron chi connectivity index (χ0n) is 12.5. The Labute approximate surface area is 129 Å². The summed E-state index contributed by atoms with van der Waals surface area (Å²) in [5, 5.41) is 12.2. The van der Waals surface area contributed by atoms with Crippen LogP contribution in [0.1, 0.15) is 40.0 Å². The highest BCUT2D eigenvalue weighted by molar-refractivity contribution is 8.06. The van der Waals surface area contributed by atoms with E-state index in [4.69, 9.17) is 0 Å². The molecule has 1 fully saturated rings. The van der Waals surface area contributed by atoms with Crippen LogP contribution in [-0.4, -0.2) is 45.5 Å². The second-order valence-electron chi connectivity index (χ2n) is 6.33. The molecule has 2 atom stereocenters. The maximum absolute atomic E-state index is 12.0. The lowest BCUT2D eigenvalue weighted by atomic mass is 9.88. The Morgan fingerprint density at radius 3 is 2.55 bits per heavy atom. The van der Waals surface area contributed by atoms with Gasteiger partial charge in [0.05, 0.1) is 0 Å². The fourth-order valence-electron chi connectivity index (χ4n) is 1.95. The zero-order chi connectivity index (χ0) is 15.2. The Kier molecular flexibility index (Phi) is 7.23. The SMILES string of the molecule is CC(C)(C)CCC(NC(=O)CC1CSCCS1)C(=O)O. The van der Waals surface area contributed by atoms with Gasteiger partial charge in [-0.25, -0.2) is 4.79 Å². The van der Waals surface area contributed by atoms with E-state index >= 15 is 0 Å². The molecule has 0 aromatic rings. The number of aliphatic carboxylic acids is 1. The van der Waals surface area contributed by atoms with Crippen molar-refractivity contribution in [2.45, 2.75) is 51.3 Å². The van der Waals surface area contributed by atoms with Crippen LogP contribution in [0.15, 0.2) is 0 Å². The first kappa shape index (κ1) is 17.7. The maximum atomic E-state index is 12.0. The van der Waals surface area contributed by atoms with Gasteiger partial charge in [-0.05, 0) is 18.3 Å². The Hall–Kier alpha value is -0.360. The van der Waals surface area contributed by atoms with Crippen LogP contribution in [-0.2, 0) is 9.59 Å². The van der Waals surface area contributed by atoms with Crippen molar-refractivity contribution in [3.63, 3.8) is 0 Å². The van der Waals surface area contributed by atoms with Crippen LogP contribution in [0.2, 0.25) is 0 Å². The molecule has 0 bridgehead atoms. The fraction of sp³-hybridized carbons (Fsp3) is 0.857. The smallest absolute Gasteiger partial charge is 0.326 e. The molecule has 0 radical (unpaired) electrons. The van der Waals surface area contributed by atoms with Crippen molar-refractivity contribution in [1.29, 1.82) is 0 Å². The average Bonchev–Trinajstić information content (AvgIpc) is 2.34. The van der Waals surface area contributed by atoms with Gasteiger partial charge in [-0.3, -0.25) is 4.79 Å². The van der Waals surface area contributed by atoms with Crippen molar-refractivity contribution < 1.29 is 14.7 Å². The quantitative estimate of drug-likeness (QED) is 0.788. The van der Waals surface area contributed by atoms with Gasteiger partial charge in [-0.2, -0.15) is 23.5 Å². The first-order valence-electron chi connectivity index (χ1n) is 6.99. The molecule has 1 aliphatic rings. The molecule has 4 nitrogen and oxygen atoms in total. The number of carbonyl (C=O) groups excluding carboxylic acids is 1. The van der Waals surface area contributed by atoms with Crippen molar-refractivity contribution in [2.24, 2.45) is 5.41 Å². The molecule has 6 heteroatoms. The van der Waals surface area contributed by atoms with Gasteiger partial charge in [0.1, 0.15) is 6.04 Å². The maximum Gasteiger partial charge on any atom is 0.326 e. The number of carbonyl (C=O) groups is 2. The first-order valence-corrected chi connectivity index (χ1v) is 9.20. The lowest BCUT2D eigenvalue weighted by molar-refractivity contribution is -0.142. The number of hydrogen-bond acceptors (Lipinski definition) is 4. The molecule has 1 saturated heterocycles. The first-order chi connectivity index (χ1) is 9.28. The second-order valence-corrected chi connectivity index (χ2v) is 8.89. The topological polar surface area (TPSA) is 66.4 Å². The van der Waals surface area contributed by atoms with Crippen molar-refractivity contribution in [3.05, 3.63) is 0 Å². The number of amides is 1. The van der Waals surface area contributed by atoms with E-state index in [0.717, 1.165) is 23.7 Å². The number of nitrogens with one attached hydrogen (secondary N) is 1. The van der Waals surface area contributed by atoms with Gasteiger partial charge in [0, 0.05) is 28.9 Å². The van der Waals surface area contributed by atoms with Gasteiger partial charge < -0.3 is 10.4 Å². The predicted octanol–water partition coefficient (Wildman–Crippen LogP) is 2.62. The highest BCUT2D eigenvalue weighted by Crippen LogP contribution is 2.26. The summed E-state index contributed by atoms with van der Waals surface area (Å²) in [6, 6.07) is -0.761. The molecule has 20 heavy (non-hydrogen) atoms. The molecule has 0 aliphatic carbocycles. The third-order valence-corrected chi connectivity index (χ3v) is 5.96. The molecule has 1 amide bonds. The molecule has 0 saturated carbocycles. The van der Waals surface area contributed by atoms with Crippen LogP contribution in [0.3, 0.4) is 0 Å². The van der Waals surface area contributed by atoms with E-state index in [2.05, 4.69) is 26.1 Å². The van der Waals surface area contributed by atoms with Gasteiger partial charge in [0.2, 0.25) is 5.91 Å². The summed E-state index contributed by atoms with van der Waals surface area (Å²) < 4.78 is 0. The van der Waals surface area contributed by atoms with Crippen LogP contribution in [0.4, 0.5) is 0 Å². The number of hydrogen-bond donors (Lipinski definition) is 2. The van der Waals surface area contributed by atoms with E-state index in [1.165, 1.54) is 0 Å². The highest BCUT2D eigenvalue weighted by Gasteiger charge is 2.24. The largest absolute Gasteiger partial charge is 0.480 e. The lowest BCUT2D eigenvalue weighted by Gasteiger charge is -2.23. The standard InChI is InChI=1S/C14H25NO3S2/c1-14(2,3)5-4-11(13(17)18)15-12(16)8-10-9-19-6-7-20-10/h10-11H,4-9H2,1-3H3,(H,15,16)(H,17,18). The summed E-state index contributed by atoms with van der Waals surface area (Å²) in [5.41, 5.74) is 0.0777. The van der Waals surface area contributed by atoms with Crippen molar-refractivity contribution >= 4 is 35.4 Å². The van der Waals surface area contributed by atoms with Crippen LogP contribution < -0.4 is 5.32 Å². The second kappa shape index (κ2) is 8.17. The molecule has 2 N–H and O–H groups in total. The van der Waals surface area contributed by atoms with Crippen LogP contribution in [0.5, 0.6) is 0 Å². The van der Waals surface area contributed by atoms with Crippen molar-refractivity contribution in [3.8, 4) is 0 Å². The number of rotatable bonds is 6. The van der Waals surface area contributed by atoms with Crippen LogP contribution in [0, 0.1) is 5.41 Å². The van der Waals surface area contributed by atoms with E-state index in [1.54, 1.807) is 0 Å². The average molecular weight is 319 g/mol. The normalized spacial score (nSPS) is 21.2. The van der Waals surface area contributed by atoms with Gasteiger partial charge in [0.15, 0.2) is 0 Å². The molecule has 116 valence electrons. The number of thioether (sulfide) groups is 2. The Morgan fingerprint density at radius 2 is 2.05 bits per heavy atom. The summed E-state index contributed by atoms with van der Waals surface area (Å²) in [6.07, 6.45) is 1.69. The third kappa shape index (κ3) is 7.43. The molecular weight excluding hydrogens is 294 g/mol. The minimum Gasteiger partial charge on any atom is -0.480 e. The van der Waals surface area contributed by atoms with E-state index in [-0.39, 0.29) is 11.3 Å². The van der Waals surface area contributed by atoms with E-state index in [9.17, 15) is 14.7 Å². The zero-order valence-corrected chi connectivity index (χ0v) is 14.1. The molecule has 2 unspecified atom stereocenters. The molecular formula is C14H25NO3S2. The van der Waals surface area contributed by atoms with E-state index < -0.39 is 12.0 Å². The molecule has 0 spiro atoms. The summed E-state index contributed by atoms with van der Waals surface area (Å²) in [5.74, 6) is 2.14. The van der Waals surface area contributed by atoms with Gasteiger partial charge in [-0.15, -0.1) is 0 Å². The third-order valence-electron chi connectivity index (χ3n) is 3.11. The van der Waals surface area contributed by atoms with Gasteiger partial charge in [-0.1, -0.05) is 20.8 Å². The fourth-order valence-corrected chi connectivity index (χ4v) is 4.63. The van der Waals surface area contributed by atoms with Crippen LogP contribution >= 0.6 is 23.5 Å². The number of carboxylic acid groups (broad SMARTS) is 1. The summed E-state index contributed by atoms with van der Waals surface area (Å²) >= 11 is 3.68. The minimum atomic E-state index is -0.937. The predicted molar refractivity (Wildman–Crippen MR) is 86.4 cm³/mol. The Morgan fingerprint density at radius 1 is 1.35 bits per heavy atom. The van der Waals surface area contributed by atoms with Crippen molar-refractivity contribution in [2.75, 3.05) is 17.3 Å². The Balaban J connectivity index is 2.39. The van der Waals surface area contributed by atoms with E-state index in [1.807, 2.05) is 23.5 Å². The Bertz CT molecular complexity index is 336. The molecule has 0 aromatic heterocycles. The summed E-state index contributed by atoms with van der Waals surface area (Å²) in [6.45, 7) is 6.22. The monoisotopic (exact) mass is 319 g/mol. The number of carboxylic acids is 1.